The van der Waals surface area contributed by atoms with Gasteiger partial charge >= 0.3 is 12.1 Å². The lowest BCUT2D eigenvalue weighted by molar-refractivity contribution is -0.159. The fourth-order valence-corrected chi connectivity index (χ4v) is 2.28. The Morgan fingerprint density at radius 2 is 1.85 bits per heavy atom. The number of rotatable bonds is 6. The van der Waals surface area contributed by atoms with Crippen molar-refractivity contribution < 1.29 is 17.7 Å². The highest BCUT2D eigenvalue weighted by Crippen LogP contribution is 2.29. The molecule has 3 aromatic rings. The van der Waals surface area contributed by atoms with E-state index in [0.717, 1.165) is 0 Å². The maximum absolute atomic E-state index is 12.5. The van der Waals surface area contributed by atoms with Crippen molar-refractivity contribution in [1.29, 1.82) is 0 Å². The molecule has 0 saturated heterocycles. The van der Waals surface area contributed by atoms with Crippen LogP contribution in [0.2, 0.25) is 0 Å². The maximum Gasteiger partial charge on any atom is 0.471 e. The van der Waals surface area contributed by atoms with Crippen LogP contribution in [0.15, 0.2) is 32.4 Å². The minimum atomic E-state index is -4.72. The first-order chi connectivity index (χ1) is 12.7. The Bertz CT molecular complexity index is 1020. The molecule has 0 amide bonds. The predicted octanol–water partition coefficient (Wildman–Crippen LogP) is 2.18. The average Bonchev–Trinajstić information content (AvgIpc) is 3.11. The molecule has 2 N–H and O–H groups in total. The summed E-state index contributed by atoms with van der Waals surface area (Å²) in [6, 6.07) is 3.00. The van der Waals surface area contributed by atoms with Gasteiger partial charge in [-0.25, -0.2) is 0 Å². The normalized spacial score (nSPS) is 11.9. The molecule has 0 saturated carbocycles. The highest BCUT2D eigenvalue weighted by molar-refractivity contribution is 5.74. The van der Waals surface area contributed by atoms with E-state index in [1.54, 1.807) is 0 Å². The summed E-state index contributed by atoms with van der Waals surface area (Å²) in [6.45, 7) is 3.82. The third-order valence-corrected chi connectivity index (χ3v) is 3.54. The zero-order valence-electron chi connectivity index (χ0n) is 14.2. The minimum Gasteiger partial charge on any atom is -0.378 e. The van der Waals surface area contributed by atoms with Crippen molar-refractivity contribution in [1.82, 2.24) is 15.1 Å². The second-order valence-corrected chi connectivity index (χ2v) is 6.02. The maximum atomic E-state index is 12.5. The average molecular weight is 381 g/mol. The Kier molecular flexibility index (Phi) is 4.68. The van der Waals surface area contributed by atoms with Gasteiger partial charge in [0, 0.05) is 17.8 Å². The molecule has 0 aliphatic heterocycles. The monoisotopic (exact) mass is 381 g/mol. The molecule has 0 fully saturated rings. The highest BCUT2D eigenvalue weighted by atomic mass is 19.4. The first kappa shape index (κ1) is 18.5. The zero-order chi connectivity index (χ0) is 19.8. The van der Waals surface area contributed by atoms with Crippen molar-refractivity contribution in [2.75, 3.05) is 10.6 Å². The first-order valence-electron chi connectivity index (χ1n) is 7.86. The molecule has 0 spiro atoms. The molecule has 0 unspecified atom stereocenters. The molecule has 0 atom stereocenters. The molecule has 0 aliphatic rings. The van der Waals surface area contributed by atoms with E-state index in [0.29, 0.717) is 5.69 Å². The summed E-state index contributed by atoms with van der Waals surface area (Å²) in [6.07, 6.45) is -3.43. The lowest BCUT2D eigenvalue weighted by Crippen LogP contribution is -2.38. The molecule has 0 aliphatic carbocycles. The van der Waals surface area contributed by atoms with Crippen LogP contribution in [0, 0.1) is 0 Å². The van der Waals surface area contributed by atoms with Gasteiger partial charge in [-0.05, 0) is 26.0 Å². The number of alkyl halides is 3. The lowest BCUT2D eigenvalue weighted by atomic mass is 10.1. The third-order valence-electron chi connectivity index (χ3n) is 3.54. The van der Waals surface area contributed by atoms with Crippen LogP contribution in [-0.2, 0) is 12.7 Å². The zero-order valence-corrected chi connectivity index (χ0v) is 14.2. The molecule has 2 aromatic heterocycles. The van der Waals surface area contributed by atoms with Gasteiger partial charge in [-0.1, -0.05) is 5.16 Å². The van der Waals surface area contributed by atoms with E-state index in [1.807, 2.05) is 13.8 Å². The predicted molar refractivity (Wildman–Crippen MR) is 90.0 cm³/mol. The van der Waals surface area contributed by atoms with Crippen LogP contribution in [0.1, 0.15) is 25.4 Å². The Morgan fingerprint density at radius 1 is 1.15 bits per heavy atom. The summed E-state index contributed by atoms with van der Waals surface area (Å²) in [4.78, 5) is 30.6. The van der Waals surface area contributed by atoms with Crippen molar-refractivity contribution in [2.24, 2.45) is 0 Å². The van der Waals surface area contributed by atoms with E-state index in [2.05, 4.69) is 30.3 Å². The molecule has 0 bridgehead atoms. The van der Waals surface area contributed by atoms with Crippen molar-refractivity contribution >= 4 is 11.4 Å². The van der Waals surface area contributed by atoms with Crippen LogP contribution < -0.4 is 21.5 Å². The van der Waals surface area contributed by atoms with E-state index in [9.17, 15) is 22.8 Å². The Morgan fingerprint density at radius 3 is 2.41 bits per heavy atom. The fraction of sp³-hybridized carbons (Fsp3) is 0.312. The van der Waals surface area contributed by atoms with E-state index in [4.69, 9.17) is 0 Å². The lowest BCUT2D eigenvalue weighted by Gasteiger charge is -2.16. The summed E-state index contributed by atoms with van der Waals surface area (Å²) in [7, 11) is 0. The third kappa shape index (κ3) is 3.81. The van der Waals surface area contributed by atoms with E-state index in [-0.39, 0.29) is 35.3 Å². The topological polar surface area (TPSA) is 110 Å². The number of nitrogens with one attached hydrogen (secondary N) is 2. The molecule has 142 valence electrons. The fourth-order valence-electron chi connectivity index (χ4n) is 2.28. The number of pyridine rings is 1. The number of anilines is 2. The smallest absolute Gasteiger partial charge is 0.378 e. The molecular weight excluding hydrogens is 367 g/mol. The van der Waals surface area contributed by atoms with Crippen LogP contribution in [0.25, 0.3) is 11.4 Å². The molecule has 3 rings (SSSR count). The summed E-state index contributed by atoms with van der Waals surface area (Å²) < 4.78 is 41.6. The minimum absolute atomic E-state index is 0.0113. The summed E-state index contributed by atoms with van der Waals surface area (Å²) in [5.74, 6) is -1.67. The Labute approximate surface area is 150 Å². The van der Waals surface area contributed by atoms with E-state index in [1.165, 1.54) is 18.3 Å². The highest BCUT2D eigenvalue weighted by Gasteiger charge is 2.38. The van der Waals surface area contributed by atoms with Crippen molar-refractivity contribution in [3.05, 3.63) is 50.4 Å². The van der Waals surface area contributed by atoms with Crippen LogP contribution in [0.4, 0.5) is 24.5 Å². The van der Waals surface area contributed by atoms with Gasteiger partial charge in [-0.15, -0.1) is 0 Å². The SMILES string of the molecule is CC(C)Nc1c(NCc2ccc(-c3noc(C(F)(F)F)n3)cn2)c(=O)c1=O. The van der Waals surface area contributed by atoms with Gasteiger partial charge in [0.1, 0.15) is 11.4 Å². The van der Waals surface area contributed by atoms with Gasteiger partial charge in [-0.2, -0.15) is 18.2 Å². The summed E-state index contributed by atoms with van der Waals surface area (Å²) >= 11 is 0. The van der Waals surface area contributed by atoms with Gasteiger partial charge in [0.15, 0.2) is 0 Å². The van der Waals surface area contributed by atoms with Gasteiger partial charge in [0.2, 0.25) is 5.82 Å². The molecule has 2 heterocycles. The summed E-state index contributed by atoms with van der Waals surface area (Å²) in [5, 5.41) is 9.01. The standard InChI is InChI=1S/C16H14F3N5O3/c1-7(2)22-11-10(12(25)13(11)26)21-6-9-4-3-8(5-20-9)14-23-15(27-24-14)16(17,18)19/h3-5,7,21-22H,6H2,1-2H3. The second-order valence-electron chi connectivity index (χ2n) is 6.02. The number of aromatic nitrogens is 3. The van der Waals surface area contributed by atoms with Crippen LogP contribution in [0.5, 0.6) is 0 Å². The molecule has 0 radical (unpaired) electrons. The number of hydrogen-bond acceptors (Lipinski definition) is 8. The van der Waals surface area contributed by atoms with Crippen LogP contribution in [0.3, 0.4) is 0 Å². The summed E-state index contributed by atoms with van der Waals surface area (Å²) in [5.41, 5.74) is -0.0184. The van der Waals surface area contributed by atoms with E-state index >= 15 is 0 Å². The Balaban J connectivity index is 1.69. The number of nitrogens with zero attached hydrogens (tertiary/aromatic N) is 3. The molecular formula is C16H14F3N5O3. The van der Waals surface area contributed by atoms with Gasteiger partial charge < -0.3 is 15.2 Å². The van der Waals surface area contributed by atoms with E-state index < -0.39 is 22.9 Å². The molecule has 11 heteroatoms. The first-order valence-corrected chi connectivity index (χ1v) is 7.86. The molecule has 27 heavy (non-hydrogen) atoms. The van der Waals surface area contributed by atoms with Gasteiger partial charge in [-0.3, -0.25) is 14.6 Å². The van der Waals surface area contributed by atoms with Crippen LogP contribution in [-0.4, -0.2) is 21.2 Å². The van der Waals surface area contributed by atoms with Gasteiger partial charge in [0.25, 0.3) is 10.9 Å². The second kappa shape index (κ2) is 6.82. The quantitative estimate of drug-likeness (QED) is 0.625. The van der Waals surface area contributed by atoms with Gasteiger partial charge in [0.05, 0.1) is 12.2 Å². The molecule has 1 aromatic carbocycles. The number of hydrogen-bond donors (Lipinski definition) is 2. The van der Waals surface area contributed by atoms with Crippen molar-refractivity contribution in [3.8, 4) is 11.4 Å². The van der Waals surface area contributed by atoms with Crippen molar-refractivity contribution in [3.63, 3.8) is 0 Å². The largest absolute Gasteiger partial charge is 0.471 e. The van der Waals surface area contributed by atoms with Crippen LogP contribution >= 0.6 is 0 Å². The Hall–Kier alpha value is -3.24. The number of halogens is 3. The molecule has 8 nitrogen and oxygen atoms in total. The van der Waals surface area contributed by atoms with Crippen molar-refractivity contribution in [2.45, 2.75) is 32.6 Å².